The molecule has 2 atom stereocenters. The quantitative estimate of drug-likeness (QED) is 0.454. The van der Waals surface area contributed by atoms with E-state index in [0.29, 0.717) is 5.56 Å². The van der Waals surface area contributed by atoms with Gasteiger partial charge in [-0.3, -0.25) is 14.5 Å². The molecule has 3 amide bonds. The second-order valence-electron chi connectivity index (χ2n) is 8.87. The van der Waals surface area contributed by atoms with E-state index in [1.807, 2.05) is 0 Å². The van der Waals surface area contributed by atoms with Crippen LogP contribution in [0.2, 0.25) is 0 Å². The average molecular weight is 432 g/mol. The molecule has 0 saturated heterocycles. The molecule has 1 aromatic rings. The molecule has 0 aliphatic rings. The summed E-state index contributed by atoms with van der Waals surface area (Å²) in [6, 6.07) is 5.81. The predicted octanol–water partition coefficient (Wildman–Crippen LogP) is 2.93. The Bertz CT molecular complexity index is 836. The molecular formula is C23H33N3O5. The highest BCUT2D eigenvalue weighted by atomic mass is 16.6. The second kappa shape index (κ2) is 10.7. The summed E-state index contributed by atoms with van der Waals surface area (Å²) in [6.45, 7) is 12.2. The SMILES string of the molecule is C#CN(C(=O)C(NC(=O)OC(C)(C)C)C(C)C)C(C(=O)NC(C)C)c1cccc(O)c1. The van der Waals surface area contributed by atoms with Crippen LogP contribution in [-0.4, -0.2) is 45.6 Å². The Labute approximate surface area is 184 Å². The van der Waals surface area contributed by atoms with E-state index in [-0.39, 0.29) is 17.7 Å². The molecule has 1 rings (SSSR count). The van der Waals surface area contributed by atoms with Crippen LogP contribution >= 0.6 is 0 Å². The van der Waals surface area contributed by atoms with E-state index in [2.05, 4.69) is 16.7 Å². The smallest absolute Gasteiger partial charge is 0.408 e. The van der Waals surface area contributed by atoms with Gasteiger partial charge in [0, 0.05) is 12.1 Å². The Morgan fingerprint density at radius 3 is 2.19 bits per heavy atom. The molecule has 0 fully saturated rings. The number of phenolic OH excluding ortho intramolecular Hbond substituents is 1. The number of phenols is 1. The van der Waals surface area contributed by atoms with Crippen LogP contribution in [0.1, 0.15) is 60.1 Å². The van der Waals surface area contributed by atoms with Gasteiger partial charge < -0.3 is 20.5 Å². The van der Waals surface area contributed by atoms with Gasteiger partial charge in [-0.1, -0.05) is 32.4 Å². The number of hydrogen-bond acceptors (Lipinski definition) is 5. The minimum absolute atomic E-state index is 0.0726. The zero-order chi connectivity index (χ0) is 23.9. The van der Waals surface area contributed by atoms with Crippen molar-refractivity contribution in [1.82, 2.24) is 15.5 Å². The minimum Gasteiger partial charge on any atom is -0.508 e. The number of ether oxygens (including phenoxy) is 1. The van der Waals surface area contributed by atoms with Crippen LogP contribution in [0.25, 0.3) is 0 Å². The molecule has 0 bridgehead atoms. The number of hydrogen-bond donors (Lipinski definition) is 3. The average Bonchev–Trinajstić information content (AvgIpc) is 2.61. The first-order valence-corrected chi connectivity index (χ1v) is 10.1. The van der Waals surface area contributed by atoms with Crippen molar-refractivity contribution in [3.8, 4) is 18.2 Å². The summed E-state index contributed by atoms with van der Waals surface area (Å²) >= 11 is 0. The van der Waals surface area contributed by atoms with E-state index in [9.17, 15) is 19.5 Å². The van der Waals surface area contributed by atoms with Gasteiger partial charge in [0.25, 0.3) is 5.91 Å². The number of carbonyl (C=O) groups is 3. The normalized spacial score (nSPS) is 13.2. The lowest BCUT2D eigenvalue weighted by molar-refractivity contribution is -0.139. The van der Waals surface area contributed by atoms with Crippen molar-refractivity contribution in [2.45, 2.75) is 72.2 Å². The van der Waals surface area contributed by atoms with Crippen LogP contribution in [0.15, 0.2) is 24.3 Å². The van der Waals surface area contributed by atoms with Crippen molar-refractivity contribution in [2.75, 3.05) is 0 Å². The predicted molar refractivity (Wildman–Crippen MR) is 118 cm³/mol. The third kappa shape index (κ3) is 7.85. The Kier molecular flexibility index (Phi) is 8.92. The maximum atomic E-state index is 13.4. The van der Waals surface area contributed by atoms with Crippen LogP contribution < -0.4 is 10.6 Å². The molecule has 0 spiro atoms. The number of amides is 3. The lowest BCUT2D eigenvalue weighted by atomic mass is 9.99. The fraction of sp³-hybridized carbons (Fsp3) is 0.522. The first-order chi connectivity index (χ1) is 14.3. The number of nitrogens with one attached hydrogen (secondary N) is 2. The van der Waals surface area contributed by atoms with Gasteiger partial charge in [0.2, 0.25) is 5.91 Å². The summed E-state index contributed by atoms with van der Waals surface area (Å²) in [5.41, 5.74) is -0.411. The molecule has 3 N–H and O–H groups in total. The van der Waals surface area contributed by atoms with E-state index in [1.54, 1.807) is 60.6 Å². The Morgan fingerprint density at radius 1 is 1.13 bits per heavy atom. The number of carbonyl (C=O) groups excluding carboxylic acids is 3. The molecule has 2 unspecified atom stereocenters. The van der Waals surface area contributed by atoms with Gasteiger partial charge in [-0.05, 0) is 58.2 Å². The van der Waals surface area contributed by atoms with Crippen molar-refractivity contribution in [3.05, 3.63) is 29.8 Å². The highest BCUT2D eigenvalue weighted by molar-refractivity contribution is 5.93. The minimum atomic E-state index is -1.20. The summed E-state index contributed by atoms with van der Waals surface area (Å²) in [5, 5.41) is 15.2. The van der Waals surface area contributed by atoms with Crippen molar-refractivity contribution in [1.29, 1.82) is 0 Å². The highest BCUT2D eigenvalue weighted by Crippen LogP contribution is 2.26. The summed E-state index contributed by atoms with van der Waals surface area (Å²) in [6.07, 6.45) is 4.89. The van der Waals surface area contributed by atoms with Crippen LogP contribution in [0, 0.1) is 18.4 Å². The number of rotatable bonds is 7. The molecule has 170 valence electrons. The molecule has 8 heteroatoms. The van der Waals surface area contributed by atoms with Crippen LogP contribution in [-0.2, 0) is 14.3 Å². The molecule has 31 heavy (non-hydrogen) atoms. The maximum absolute atomic E-state index is 13.4. The summed E-state index contributed by atoms with van der Waals surface area (Å²) in [7, 11) is 0. The fourth-order valence-electron chi connectivity index (χ4n) is 2.84. The van der Waals surface area contributed by atoms with Gasteiger partial charge in [-0.2, -0.15) is 0 Å². The first-order valence-electron chi connectivity index (χ1n) is 10.1. The van der Waals surface area contributed by atoms with Gasteiger partial charge in [0.15, 0.2) is 0 Å². The van der Waals surface area contributed by atoms with Gasteiger partial charge >= 0.3 is 6.09 Å². The van der Waals surface area contributed by atoms with E-state index in [0.717, 1.165) is 4.90 Å². The standard InChI is InChI=1S/C23H33N3O5/c1-9-26(21(29)18(14(2)3)25-22(30)31-23(6,7)8)19(20(28)24-15(4)5)16-11-10-12-17(27)13-16/h1,10-15,18-19,27H,2-8H3,(H,24,28)(H,25,30). The van der Waals surface area contributed by atoms with E-state index < -0.39 is 35.6 Å². The lowest BCUT2D eigenvalue weighted by Crippen LogP contribution is -2.53. The maximum Gasteiger partial charge on any atom is 0.408 e. The fourth-order valence-corrected chi connectivity index (χ4v) is 2.84. The Morgan fingerprint density at radius 2 is 1.74 bits per heavy atom. The van der Waals surface area contributed by atoms with Crippen LogP contribution in [0.3, 0.4) is 0 Å². The Hall–Kier alpha value is -3.21. The molecule has 8 nitrogen and oxygen atoms in total. The molecule has 0 saturated carbocycles. The number of aromatic hydroxyl groups is 1. The lowest BCUT2D eigenvalue weighted by Gasteiger charge is -2.32. The van der Waals surface area contributed by atoms with Crippen molar-refractivity contribution in [2.24, 2.45) is 5.92 Å². The van der Waals surface area contributed by atoms with Gasteiger partial charge in [0.1, 0.15) is 23.4 Å². The molecule has 0 heterocycles. The molecule has 0 aromatic heterocycles. The van der Waals surface area contributed by atoms with Gasteiger partial charge in [-0.15, -0.1) is 0 Å². The monoisotopic (exact) mass is 431 g/mol. The number of benzene rings is 1. The summed E-state index contributed by atoms with van der Waals surface area (Å²) in [5.74, 6) is -1.56. The molecule has 1 aromatic carbocycles. The summed E-state index contributed by atoms with van der Waals surface area (Å²) < 4.78 is 5.26. The molecule has 0 radical (unpaired) electrons. The molecular weight excluding hydrogens is 398 g/mol. The third-order valence-electron chi connectivity index (χ3n) is 4.10. The number of nitrogens with zero attached hydrogens (tertiary/aromatic N) is 1. The van der Waals surface area contributed by atoms with E-state index >= 15 is 0 Å². The van der Waals surface area contributed by atoms with Crippen molar-refractivity contribution < 1.29 is 24.2 Å². The Balaban J connectivity index is 3.33. The first kappa shape index (κ1) is 25.8. The topological polar surface area (TPSA) is 108 Å². The second-order valence-corrected chi connectivity index (χ2v) is 8.87. The molecule has 0 aliphatic heterocycles. The highest BCUT2D eigenvalue weighted by Gasteiger charge is 2.37. The van der Waals surface area contributed by atoms with Crippen LogP contribution in [0.5, 0.6) is 5.75 Å². The van der Waals surface area contributed by atoms with Crippen LogP contribution in [0.4, 0.5) is 4.79 Å². The molecule has 0 aliphatic carbocycles. The zero-order valence-electron chi connectivity index (χ0n) is 19.2. The van der Waals surface area contributed by atoms with E-state index in [4.69, 9.17) is 11.2 Å². The summed E-state index contributed by atoms with van der Waals surface area (Å²) in [4.78, 5) is 39.6. The number of terminal acetylenes is 1. The van der Waals surface area contributed by atoms with Gasteiger partial charge in [0.05, 0.1) is 0 Å². The number of alkyl carbamates (subject to hydrolysis) is 1. The van der Waals surface area contributed by atoms with Crippen molar-refractivity contribution >= 4 is 17.9 Å². The third-order valence-corrected chi connectivity index (χ3v) is 4.10. The largest absolute Gasteiger partial charge is 0.508 e. The van der Waals surface area contributed by atoms with Gasteiger partial charge in [-0.25, -0.2) is 4.79 Å². The van der Waals surface area contributed by atoms with Crippen molar-refractivity contribution in [3.63, 3.8) is 0 Å². The zero-order valence-corrected chi connectivity index (χ0v) is 19.2. The van der Waals surface area contributed by atoms with E-state index in [1.165, 1.54) is 12.1 Å².